The van der Waals surface area contributed by atoms with E-state index in [1.807, 2.05) is 0 Å². The van der Waals surface area contributed by atoms with Gasteiger partial charge >= 0.3 is 0 Å². The van der Waals surface area contributed by atoms with Crippen LogP contribution in [0, 0.1) is 6.92 Å². The molecule has 1 atom stereocenters. The van der Waals surface area contributed by atoms with Crippen LogP contribution in [-0.4, -0.2) is 5.33 Å². The van der Waals surface area contributed by atoms with Crippen molar-refractivity contribution in [1.29, 1.82) is 0 Å². The molecule has 0 N–H and O–H groups in total. The predicted molar refractivity (Wildman–Crippen MR) is 58.0 cm³/mol. The molecule has 0 nitrogen and oxygen atoms in total. The Bertz CT molecular complexity index is 221. The summed E-state index contributed by atoms with van der Waals surface area (Å²) in [4.78, 5) is 0. The lowest BCUT2D eigenvalue weighted by Gasteiger charge is -2.11. The molecule has 0 aliphatic heterocycles. The van der Waals surface area contributed by atoms with Gasteiger partial charge in [-0.25, -0.2) is 0 Å². The Morgan fingerprint density at radius 2 is 1.83 bits per heavy atom. The number of aryl methyl sites for hydroxylation is 1. The van der Waals surface area contributed by atoms with Crippen LogP contribution in [0.15, 0.2) is 24.3 Å². The third-order valence-corrected chi connectivity index (χ3v) is 3.01. The van der Waals surface area contributed by atoms with Crippen molar-refractivity contribution in [3.05, 3.63) is 35.4 Å². The zero-order chi connectivity index (χ0) is 8.97. The maximum absolute atomic E-state index is 3.53. The number of halogens is 1. The summed E-state index contributed by atoms with van der Waals surface area (Å²) < 4.78 is 0. The molecular formula is C11H15Br. The minimum atomic E-state index is 0.672. The van der Waals surface area contributed by atoms with Gasteiger partial charge in [-0.15, -0.1) is 0 Å². The molecule has 0 saturated carbocycles. The fourth-order valence-corrected chi connectivity index (χ4v) is 2.10. The van der Waals surface area contributed by atoms with Crippen LogP contribution in [0.5, 0.6) is 0 Å². The molecule has 1 rings (SSSR count). The van der Waals surface area contributed by atoms with Crippen LogP contribution in [0.3, 0.4) is 0 Å². The highest BCUT2D eigenvalue weighted by atomic mass is 79.9. The quantitative estimate of drug-likeness (QED) is 0.687. The molecule has 0 bridgehead atoms. The number of benzene rings is 1. The van der Waals surface area contributed by atoms with Crippen LogP contribution in [0.2, 0.25) is 0 Å². The van der Waals surface area contributed by atoms with E-state index in [9.17, 15) is 0 Å². The average molecular weight is 227 g/mol. The van der Waals surface area contributed by atoms with Gasteiger partial charge in [-0.1, -0.05) is 52.7 Å². The molecule has 0 heterocycles. The predicted octanol–water partition coefficient (Wildman–Crippen LogP) is 3.88. The average Bonchev–Trinajstić information content (AvgIpc) is 2.10. The lowest BCUT2D eigenvalue weighted by atomic mass is 9.98. The van der Waals surface area contributed by atoms with Crippen LogP contribution in [0.1, 0.15) is 30.4 Å². The van der Waals surface area contributed by atoms with Gasteiger partial charge in [0.2, 0.25) is 0 Å². The first-order valence-corrected chi connectivity index (χ1v) is 5.52. The van der Waals surface area contributed by atoms with E-state index in [2.05, 4.69) is 54.0 Å². The van der Waals surface area contributed by atoms with Crippen molar-refractivity contribution in [2.24, 2.45) is 0 Å². The summed E-state index contributed by atoms with van der Waals surface area (Å²) >= 11 is 3.53. The summed E-state index contributed by atoms with van der Waals surface area (Å²) in [6.45, 7) is 4.35. The molecule has 1 heteroatoms. The minimum Gasteiger partial charge on any atom is -0.0921 e. The molecule has 0 aliphatic rings. The third-order valence-electron chi connectivity index (χ3n) is 2.23. The lowest BCUT2D eigenvalue weighted by molar-refractivity contribution is 0.749. The summed E-state index contributed by atoms with van der Waals surface area (Å²) in [6, 6.07) is 8.82. The van der Waals surface area contributed by atoms with Gasteiger partial charge in [-0.05, 0) is 24.8 Å². The van der Waals surface area contributed by atoms with Gasteiger partial charge in [0, 0.05) is 5.33 Å². The molecule has 0 aliphatic carbocycles. The minimum absolute atomic E-state index is 0.672. The molecule has 1 aromatic rings. The van der Waals surface area contributed by atoms with Crippen molar-refractivity contribution >= 4 is 15.9 Å². The van der Waals surface area contributed by atoms with Gasteiger partial charge < -0.3 is 0 Å². The van der Waals surface area contributed by atoms with Crippen molar-refractivity contribution in [3.8, 4) is 0 Å². The summed E-state index contributed by atoms with van der Waals surface area (Å²) in [7, 11) is 0. The van der Waals surface area contributed by atoms with Gasteiger partial charge in [0.1, 0.15) is 0 Å². The molecule has 0 spiro atoms. The Labute approximate surface area is 83.1 Å². The fourth-order valence-electron chi connectivity index (χ4n) is 1.27. The summed E-state index contributed by atoms with van der Waals surface area (Å²) in [5, 5.41) is 1.06. The molecule has 0 aromatic heterocycles. The molecule has 1 aromatic carbocycles. The zero-order valence-corrected chi connectivity index (χ0v) is 9.26. The molecule has 0 saturated heterocycles. The fraction of sp³-hybridized carbons (Fsp3) is 0.455. The van der Waals surface area contributed by atoms with Crippen LogP contribution in [0.4, 0.5) is 0 Å². The standard InChI is InChI=1S/C11H15Br/c1-3-10(8-12)11-6-4-9(2)5-7-11/h4-7,10H,3,8H2,1-2H3. The summed E-state index contributed by atoms with van der Waals surface area (Å²) in [6.07, 6.45) is 1.20. The van der Waals surface area contributed by atoms with E-state index in [1.165, 1.54) is 17.5 Å². The Hall–Kier alpha value is -0.300. The van der Waals surface area contributed by atoms with E-state index in [0.29, 0.717) is 5.92 Å². The van der Waals surface area contributed by atoms with Gasteiger partial charge in [-0.2, -0.15) is 0 Å². The van der Waals surface area contributed by atoms with Crippen molar-refractivity contribution < 1.29 is 0 Å². The lowest BCUT2D eigenvalue weighted by Crippen LogP contribution is -1.97. The monoisotopic (exact) mass is 226 g/mol. The van der Waals surface area contributed by atoms with Crippen molar-refractivity contribution in [2.75, 3.05) is 5.33 Å². The molecular weight excluding hydrogens is 212 g/mol. The second-order valence-electron chi connectivity index (χ2n) is 3.17. The molecule has 66 valence electrons. The summed E-state index contributed by atoms with van der Waals surface area (Å²) in [5.74, 6) is 0.672. The van der Waals surface area contributed by atoms with E-state index in [-0.39, 0.29) is 0 Å². The van der Waals surface area contributed by atoms with E-state index in [0.717, 1.165) is 5.33 Å². The first-order valence-electron chi connectivity index (χ1n) is 4.40. The zero-order valence-electron chi connectivity index (χ0n) is 7.68. The molecule has 0 amide bonds. The molecule has 0 fully saturated rings. The SMILES string of the molecule is CCC(CBr)c1ccc(C)cc1. The van der Waals surface area contributed by atoms with E-state index < -0.39 is 0 Å². The van der Waals surface area contributed by atoms with Gasteiger partial charge in [0.25, 0.3) is 0 Å². The Morgan fingerprint density at radius 1 is 1.25 bits per heavy atom. The topological polar surface area (TPSA) is 0 Å². The number of alkyl halides is 1. The van der Waals surface area contributed by atoms with Crippen LogP contribution < -0.4 is 0 Å². The number of hydrogen-bond acceptors (Lipinski definition) is 0. The highest BCUT2D eigenvalue weighted by Crippen LogP contribution is 2.21. The van der Waals surface area contributed by atoms with E-state index in [4.69, 9.17) is 0 Å². The summed E-state index contributed by atoms with van der Waals surface area (Å²) in [5.41, 5.74) is 2.78. The smallest absolute Gasteiger partial charge is 0.0100 e. The van der Waals surface area contributed by atoms with Gasteiger partial charge in [-0.3, -0.25) is 0 Å². The maximum Gasteiger partial charge on any atom is 0.0100 e. The van der Waals surface area contributed by atoms with Crippen LogP contribution >= 0.6 is 15.9 Å². The van der Waals surface area contributed by atoms with Gasteiger partial charge in [0.05, 0.1) is 0 Å². The van der Waals surface area contributed by atoms with E-state index >= 15 is 0 Å². The highest BCUT2D eigenvalue weighted by Gasteiger charge is 2.05. The second-order valence-corrected chi connectivity index (χ2v) is 3.82. The highest BCUT2D eigenvalue weighted by molar-refractivity contribution is 9.09. The molecule has 1 unspecified atom stereocenters. The van der Waals surface area contributed by atoms with Crippen molar-refractivity contribution in [3.63, 3.8) is 0 Å². The number of hydrogen-bond donors (Lipinski definition) is 0. The largest absolute Gasteiger partial charge is 0.0921 e. The van der Waals surface area contributed by atoms with E-state index in [1.54, 1.807) is 0 Å². The molecule has 12 heavy (non-hydrogen) atoms. The Morgan fingerprint density at radius 3 is 2.25 bits per heavy atom. The number of rotatable bonds is 3. The molecule has 0 radical (unpaired) electrons. The van der Waals surface area contributed by atoms with Gasteiger partial charge in [0.15, 0.2) is 0 Å². The van der Waals surface area contributed by atoms with Crippen molar-refractivity contribution in [2.45, 2.75) is 26.2 Å². The van der Waals surface area contributed by atoms with Crippen LogP contribution in [-0.2, 0) is 0 Å². The second kappa shape index (κ2) is 4.66. The Balaban J connectivity index is 2.80. The third kappa shape index (κ3) is 2.34. The first kappa shape index (κ1) is 9.79. The van der Waals surface area contributed by atoms with Crippen LogP contribution in [0.25, 0.3) is 0 Å². The van der Waals surface area contributed by atoms with Crippen molar-refractivity contribution in [1.82, 2.24) is 0 Å². The normalized spacial score (nSPS) is 12.9. The first-order chi connectivity index (χ1) is 5.77. The Kier molecular flexibility index (Phi) is 3.80. The maximum atomic E-state index is 3.53.